The van der Waals surface area contributed by atoms with Gasteiger partial charge in [0.2, 0.25) is 5.91 Å². The molecular weight excluding hydrogens is 270 g/mol. The van der Waals surface area contributed by atoms with E-state index in [1.54, 1.807) is 30.7 Å². The maximum atomic E-state index is 11.7. The molecule has 1 aromatic heterocycles. The third kappa shape index (κ3) is 4.80. The van der Waals surface area contributed by atoms with Crippen LogP contribution in [0.1, 0.15) is 27.9 Å². The van der Waals surface area contributed by atoms with E-state index >= 15 is 0 Å². The molecule has 110 valence electrons. The smallest absolute Gasteiger partial charge is 0.335 e. The van der Waals surface area contributed by atoms with E-state index in [9.17, 15) is 9.59 Å². The molecule has 0 spiro atoms. The first kappa shape index (κ1) is 14.8. The largest absolute Gasteiger partial charge is 0.478 e. The average Bonchev–Trinajstić information content (AvgIpc) is 2.99. The molecule has 0 saturated carbocycles. The van der Waals surface area contributed by atoms with Gasteiger partial charge in [-0.05, 0) is 42.2 Å². The summed E-state index contributed by atoms with van der Waals surface area (Å²) in [5.74, 6) is -0.966. The van der Waals surface area contributed by atoms with Gasteiger partial charge in [0, 0.05) is 13.0 Å². The van der Waals surface area contributed by atoms with E-state index in [0.29, 0.717) is 25.8 Å². The monoisotopic (exact) mass is 287 g/mol. The zero-order valence-electron chi connectivity index (χ0n) is 11.5. The highest BCUT2D eigenvalue weighted by Crippen LogP contribution is 2.06. The molecule has 2 N–H and O–H groups in total. The van der Waals surface area contributed by atoms with Gasteiger partial charge in [-0.1, -0.05) is 12.1 Å². The number of rotatable bonds is 7. The van der Waals surface area contributed by atoms with Crippen LogP contribution in [0.2, 0.25) is 0 Å². The molecule has 5 nitrogen and oxygen atoms in total. The van der Waals surface area contributed by atoms with Crippen molar-refractivity contribution in [3.8, 4) is 0 Å². The number of hydrogen-bond donors (Lipinski definition) is 2. The number of hydrogen-bond acceptors (Lipinski definition) is 3. The molecule has 0 bridgehead atoms. The maximum Gasteiger partial charge on any atom is 0.335 e. The minimum Gasteiger partial charge on any atom is -0.478 e. The van der Waals surface area contributed by atoms with E-state index in [1.807, 2.05) is 12.1 Å². The summed E-state index contributed by atoms with van der Waals surface area (Å²) in [6, 6.07) is 8.57. The molecule has 1 amide bonds. The van der Waals surface area contributed by atoms with Gasteiger partial charge in [0.1, 0.15) is 0 Å². The first-order valence-corrected chi connectivity index (χ1v) is 6.75. The number of carboxylic acid groups (broad SMARTS) is 1. The van der Waals surface area contributed by atoms with Crippen LogP contribution >= 0.6 is 0 Å². The molecule has 0 saturated heterocycles. The van der Waals surface area contributed by atoms with Crippen LogP contribution in [-0.2, 0) is 17.6 Å². The van der Waals surface area contributed by atoms with E-state index in [0.717, 1.165) is 11.1 Å². The lowest BCUT2D eigenvalue weighted by Crippen LogP contribution is -2.25. The molecule has 0 aliphatic heterocycles. The quantitative estimate of drug-likeness (QED) is 0.818. The summed E-state index contributed by atoms with van der Waals surface area (Å²) in [5.41, 5.74) is 2.16. The van der Waals surface area contributed by atoms with Crippen molar-refractivity contribution < 1.29 is 19.1 Å². The Kier molecular flexibility index (Phi) is 5.15. The summed E-state index contributed by atoms with van der Waals surface area (Å²) in [5, 5.41) is 11.7. The molecule has 0 aliphatic rings. The first-order chi connectivity index (χ1) is 10.1. The highest BCUT2D eigenvalue weighted by atomic mass is 16.4. The third-order valence-electron chi connectivity index (χ3n) is 3.13. The lowest BCUT2D eigenvalue weighted by molar-refractivity contribution is -0.121. The lowest BCUT2D eigenvalue weighted by Gasteiger charge is -2.05. The summed E-state index contributed by atoms with van der Waals surface area (Å²) >= 11 is 0. The average molecular weight is 287 g/mol. The molecular formula is C16H17NO4. The number of aromatic carboxylic acids is 1. The molecule has 0 atom stereocenters. The van der Waals surface area contributed by atoms with Crippen molar-refractivity contribution in [3.63, 3.8) is 0 Å². The van der Waals surface area contributed by atoms with E-state index in [-0.39, 0.29) is 11.5 Å². The minimum absolute atomic E-state index is 0.0226. The standard InChI is InChI=1S/C16H17NO4/c18-15(5-4-13-7-9-21-11-13)17-8-6-12-2-1-3-14(10-12)16(19)20/h1-3,7,9-11H,4-6,8H2,(H,17,18)(H,19,20). The molecule has 0 unspecified atom stereocenters. The number of nitrogens with one attached hydrogen (secondary N) is 1. The van der Waals surface area contributed by atoms with Crippen molar-refractivity contribution in [1.29, 1.82) is 0 Å². The van der Waals surface area contributed by atoms with Crippen LogP contribution in [0.4, 0.5) is 0 Å². The second kappa shape index (κ2) is 7.28. The number of carbonyl (C=O) groups is 2. The fraction of sp³-hybridized carbons (Fsp3) is 0.250. The summed E-state index contributed by atoms with van der Waals surface area (Å²) in [6.07, 6.45) is 4.89. The second-order valence-corrected chi connectivity index (χ2v) is 4.74. The van der Waals surface area contributed by atoms with Crippen LogP contribution < -0.4 is 5.32 Å². The molecule has 1 heterocycles. The summed E-state index contributed by atoms with van der Waals surface area (Å²) < 4.78 is 4.94. The van der Waals surface area contributed by atoms with Gasteiger partial charge in [0.25, 0.3) is 0 Å². The van der Waals surface area contributed by atoms with Crippen molar-refractivity contribution >= 4 is 11.9 Å². The van der Waals surface area contributed by atoms with Gasteiger partial charge in [-0.3, -0.25) is 4.79 Å². The van der Waals surface area contributed by atoms with Crippen LogP contribution in [0.5, 0.6) is 0 Å². The highest BCUT2D eigenvalue weighted by molar-refractivity contribution is 5.87. The van der Waals surface area contributed by atoms with Gasteiger partial charge in [0.05, 0.1) is 18.1 Å². The van der Waals surface area contributed by atoms with Crippen molar-refractivity contribution in [2.24, 2.45) is 0 Å². The van der Waals surface area contributed by atoms with Crippen LogP contribution in [0.3, 0.4) is 0 Å². The zero-order chi connectivity index (χ0) is 15.1. The lowest BCUT2D eigenvalue weighted by atomic mass is 10.1. The summed E-state index contributed by atoms with van der Waals surface area (Å²) in [4.78, 5) is 22.5. The zero-order valence-corrected chi connectivity index (χ0v) is 11.5. The van der Waals surface area contributed by atoms with Gasteiger partial charge < -0.3 is 14.8 Å². The molecule has 21 heavy (non-hydrogen) atoms. The van der Waals surface area contributed by atoms with E-state index in [4.69, 9.17) is 9.52 Å². The number of carbonyl (C=O) groups excluding carboxylic acids is 1. The van der Waals surface area contributed by atoms with Crippen molar-refractivity contribution in [2.75, 3.05) is 6.54 Å². The van der Waals surface area contributed by atoms with Crippen LogP contribution in [0.25, 0.3) is 0 Å². The highest BCUT2D eigenvalue weighted by Gasteiger charge is 2.05. The van der Waals surface area contributed by atoms with Gasteiger partial charge in [-0.15, -0.1) is 0 Å². The number of aryl methyl sites for hydroxylation is 1. The molecule has 2 aromatic rings. The van der Waals surface area contributed by atoms with E-state index < -0.39 is 5.97 Å². The van der Waals surface area contributed by atoms with Gasteiger partial charge in [0.15, 0.2) is 0 Å². The Morgan fingerprint density at radius 3 is 2.71 bits per heavy atom. The molecule has 0 radical (unpaired) electrons. The van der Waals surface area contributed by atoms with Crippen molar-refractivity contribution in [2.45, 2.75) is 19.3 Å². The Morgan fingerprint density at radius 1 is 1.14 bits per heavy atom. The van der Waals surface area contributed by atoms with E-state index in [1.165, 1.54) is 0 Å². The van der Waals surface area contributed by atoms with Crippen LogP contribution in [-0.4, -0.2) is 23.5 Å². The maximum absolute atomic E-state index is 11.7. The van der Waals surface area contributed by atoms with E-state index in [2.05, 4.69) is 5.32 Å². The predicted molar refractivity (Wildman–Crippen MR) is 77.1 cm³/mol. The third-order valence-corrected chi connectivity index (χ3v) is 3.13. The predicted octanol–water partition coefficient (Wildman–Crippen LogP) is 2.27. The fourth-order valence-electron chi connectivity index (χ4n) is 1.99. The Balaban J connectivity index is 1.72. The summed E-state index contributed by atoms with van der Waals surface area (Å²) in [6.45, 7) is 0.493. The van der Waals surface area contributed by atoms with Crippen LogP contribution in [0.15, 0.2) is 47.3 Å². The fourth-order valence-corrected chi connectivity index (χ4v) is 1.99. The van der Waals surface area contributed by atoms with Crippen molar-refractivity contribution in [3.05, 3.63) is 59.5 Å². The van der Waals surface area contributed by atoms with Crippen LogP contribution in [0, 0.1) is 0 Å². The van der Waals surface area contributed by atoms with Crippen molar-refractivity contribution in [1.82, 2.24) is 5.32 Å². The molecule has 5 heteroatoms. The number of furan rings is 1. The number of benzene rings is 1. The molecule has 2 rings (SSSR count). The normalized spacial score (nSPS) is 10.3. The van der Waals surface area contributed by atoms with Gasteiger partial charge in [-0.2, -0.15) is 0 Å². The minimum atomic E-state index is -0.944. The van der Waals surface area contributed by atoms with Gasteiger partial charge in [-0.25, -0.2) is 4.79 Å². The first-order valence-electron chi connectivity index (χ1n) is 6.75. The van der Waals surface area contributed by atoms with Gasteiger partial charge >= 0.3 is 5.97 Å². The Labute approximate surface area is 122 Å². The topological polar surface area (TPSA) is 79.5 Å². The SMILES string of the molecule is O=C(CCc1ccoc1)NCCc1cccc(C(=O)O)c1. The Hall–Kier alpha value is -2.56. The molecule has 0 fully saturated rings. The number of amides is 1. The molecule has 1 aromatic carbocycles. The molecule has 0 aliphatic carbocycles. The Bertz CT molecular complexity index is 604. The second-order valence-electron chi connectivity index (χ2n) is 4.74. The Morgan fingerprint density at radius 2 is 2.00 bits per heavy atom. The number of carboxylic acids is 1. The summed E-state index contributed by atoms with van der Waals surface area (Å²) in [7, 11) is 0.